The van der Waals surface area contributed by atoms with E-state index in [1.54, 1.807) is 0 Å². The Morgan fingerprint density at radius 2 is 1.67 bits per heavy atom. The number of aliphatic carboxylic acids is 2. The second-order valence-corrected chi connectivity index (χ2v) is 3.98. The van der Waals surface area contributed by atoms with Crippen LogP contribution in [0.3, 0.4) is 0 Å². The zero-order valence-electron chi connectivity index (χ0n) is 8.05. The molecular weight excluding hydrogens is 240 g/mol. The van der Waals surface area contributed by atoms with Crippen molar-refractivity contribution in [3.8, 4) is 0 Å². The van der Waals surface area contributed by atoms with Crippen molar-refractivity contribution in [2.24, 2.45) is 5.92 Å². The number of carboxylic acids is 2. The maximum absolute atomic E-state index is 10.6. The summed E-state index contributed by atoms with van der Waals surface area (Å²) in [4.78, 5) is 20.5. The van der Waals surface area contributed by atoms with Crippen LogP contribution in [-0.2, 0) is 9.59 Å². The minimum absolute atomic E-state index is 0.245. The van der Waals surface area contributed by atoms with Gasteiger partial charge in [0.05, 0.1) is 10.8 Å². The number of thiocarbonyl (C=S) groups is 2. The summed E-state index contributed by atoms with van der Waals surface area (Å²) in [7, 11) is 0. The highest BCUT2D eigenvalue weighted by Gasteiger charge is 2.39. The summed E-state index contributed by atoms with van der Waals surface area (Å²) >= 11 is 9.35. The van der Waals surface area contributed by atoms with E-state index in [1.807, 2.05) is 0 Å². The quantitative estimate of drug-likeness (QED) is 0.603. The predicted molar refractivity (Wildman–Crippen MR) is 60.3 cm³/mol. The topological polar surface area (TPSA) is 94.8 Å². The van der Waals surface area contributed by atoms with Crippen LogP contribution < -0.4 is 0 Å². The van der Waals surface area contributed by atoms with Gasteiger partial charge in [0.2, 0.25) is 0 Å². The molecule has 3 N–H and O–H groups in total. The first-order valence-corrected chi connectivity index (χ1v) is 4.71. The Morgan fingerprint density at radius 3 is 1.93 bits per heavy atom. The number of hydrogen-bond donors (Lipinski definition) is 3. The second-order valence-electron chi connectivity index (χ2n) is 3.13. The number of carbonyl (C=O) groups is 2. The zero-order chi connectivity index (χ0) is 12.4. The molecule has 0 aromatic rings. The molecule has 0 bridgehead atoms. The van der Waals surface area contributed by atoms with Gasteiger partial charge >= 0.3 is 11.9 Å². The monoisotopic (exact) mass is 250 g/mol. The second kappa shape index (κ2) is 4.73. The van der Waals surface area contributed by atoms with Crippen LogP contribution in [0.25, 0.3) is 0 Å². The fourth-order valence-corrected chi connectivity index (χ4v) is 1.21. The third kappa shape index (κ3) is 3.01. The number of carboxylic acid groups (broad SMARTS) is 2. The van der Waals surface area contributed by atoms with Crippen LogP contribution in [0.4, 0.5) is 0 Å². The molecule has 7 heteroatoms. The van der Waals surface area contributed by atoms with Crippen LogP contribution in [0.2, 0.25) is 0 Å². The van der Waals surface area contributed by atoms with E-state index in [9.17, 15) is 14.7 Å². The average molecular weight is 250 g/mol. The summed E-state index contributed by atoms with van der Waals surface area (Å²) in [6.07, 6.45) is 0. The van der Waals surface area contributed by atoms with Crippen LogP contribution in [0.15, 0.2) is 0 Å². The van der Waals surface area contributed by atoms with Gasteiger partial charge in [-0.1, -0.05) is 24.4 Å². The van der Waals surface area contributed by atoms with Crippen LogP contribution >= 0.6 is 24.4 Å². The molecule has 0 aromatic carbocycles. The molecule has 0 amide bonds. The lowest BCUT2D eigenvalue weighted by molar-refractivity contribution is -0.149. The molecule has 0 rings (SSSR count). The summed E-state index contributed by atoms with van der Waals surface area (Å²) < 4.78 is 0. The minimum atomic E-state index is -2.31. The smallest absolute Gasteiger partial charge is 0.341 e. The molecular formula is C8H10O5S2. The lowest BCUT2D eigenvalue weighted by atomic mass is 9.94. The zero-order valence-corrected chi connectivity index (χ0v) is 9.68. The fraction of sp³-hybridized carbons (Fsp3) is 0.500. The van der Waals surface area contributed by atoms with Crippen molar-refractivity contribution in [1.82, 2.24) is 0 Å². The minimum Gasteiger partial charge on any atom is -0.481 e. The third-order valence-corrected chi connectivity index (χ3v) is 3.15. The third-order valence-electron chi connectivity index (χ3n) is 1.85. The van der Waals surface area contributed by atoms with Gasteiger partial charge in [0.1, 0.15) is 0 Å². The molecule has 0 aliphatic carbocycles. The molecule has 0 radical (unpaired) electrons. The van der Waals surface area contributed by atoms with Crippen molar-refractivity contribution in [2.45, 2.75) is 19.4 Å². The lowest BCUT2D eigenvalue weighted by Gasteiger charge is -2.21. The Balaban J connectivity index is 4.97. The number of hydrogen-bond acceptors (Lipinski definition) is 5. The van der Waals surface area contributed by atoms with E-state index in [4.69, 9.17) is 22.4 Å². The summed E-state index contributed by atoms with van der Waals surface area (Å²) in [5.41, 5.74) is -2.31. The van der Waals surface area contributed by atoms with E-state index in [-0.39, 0.29) is 4.86 Å². The molecule has 0 saturated heterocycles. The van der Waals surface area contributed by atoms with Crippen molar-refractivity contribution in [3.05, 3.63) is 0 Å². The van der Waals surface area contributed by atoms with E-state index in [0.717, 1.165) is 6.92 Å². The largest absolute Gasteiger partial charge is 0.481 e. The van der Waals surface area contributed by atoms with E-state index in [0.29, 0.717) is 0 Å². The highest BCUT2D eigenvalue weighted by atomic mass is 32.1. The van der Waals surface area contributed by atoms with Crippen LogP contribution in [0.5, 0.6) is 0 Å². The molecule has 0 saturated carbocycles. The molecule has 0 heterocycles. The van der Waals surface area contributed by atoms with E-state index >= 15 is 0 Å². The maximum Gasteiger partial charge on any atom is 0.341 e. The van der Waals surface area contributed by atoms with Gasteiger partial charge in [-0.15, -0.1) is 0 Å². The van der Waals surface area contributed by atoms with Gasteiger partial charge in [-0.3, -0.25) is 4.79 Å². The number of aliphatic hydroxyl groups is 1. The fourth-order valence-electron chi connectivity index (χ4n) is 0.646. The van der Waals surface area contributed by atoms with Gasteiger partial charge in [0.15, 0.2) is 5.60 Å². The van der Waals surface area contributed by atoms with Gasteiger partial charge in [-0.25, -0.2) is 4.79 Å². The van der Waals surface area contributed by atoms with Crippen molar-refractivity contribution in [3.63, 3.8) is 0 Å². The van der Waals surface area contributed by atoms with Gasteiger partial charge in [0, 0.05) is 4.86 Å². The molecule has 2 atom stereocenters. The SMILES string of the molecule is CC(C(=O)O)C(=S)C(=S)C(C)(O)C(=O)O. The van der Waals surface area contributed by atoms with Crippen molar-refractivity contribution in [2.75, 3.05) is 0 Å². The number of rotatable bonds is 5. The summed E-state index contributed by atoms with van der Waals surface area (Å²) in [6, 6.07) is 0. The molecule has 15 heavy (non-hydrogen) atoms. The molecule has 0 aromatic heterocycles. The van der Waals surface area contributed by atoms with Crippen molar-refractivity contribution >= 4 is 46.1 Å². The first-order chi connectivity index (χ1) is 6.62. The molecule has 84 valence electrons. The maximum atomic E-state index is 10.6. The van der Waals surface area contributed by atoms with Gasteiger partial charge < -0.3 is 15.3 Å². The van der Waals surface area contributed by atoms with Crippen LogP contribution in [-0.4, -0.2) is 42.6 Å². The molecule has 0 aliphatic heterocycles. The van der Waals surface area contributed by atoms with Gasteiger partial charge in [-0.2, -0.15) is 0 Å². The molecule has 0 aliphatic rings. The van der Waals surface area contributed by atoms with Crippen molar-refractivity contribution < 1.29 is 24.9 Å². The van der Waals surface area contributed by atoms with Gasteiger partial charge in [-0.05, 0) is 13.8 Å². The Hall–Kier alpha value is -0.920. The van der Waals surface area contributed by atoms with Crippen molar-refractivity contribution in [1.29, 1.82) is 0 Å². The molecule has 2 unspecified atom stereocenters. The molecule has 0 fully saturated rings. The molecule has 0 spiro atoms. The summed E-state index contributed by atoms with van der Waals surface area (Å²) in [5.74, 6) is -3.88. The summed E-state index contributed by atoms with van der Waals surface area (Å²) in [5, 5.41) is 26.7. The van der Waals surface area contributed by atoms with Crippen LogP contribution in [0, 0.1) is 5.92 Å². The highest BCUT2D eigenvalue weighted by Crippen LogP contribution is 2.14. The Morgan fingerprint density at radius 1 is 1.27 bits per heavy atom. The molecule has 5 nitrogen and oxygen atoms in total. The standard InChI is InChI=1S/C8H10O5S2/c1-3(6(9)10)4(14)5(15)8(2,13)7(11)12/h3,13H,1-2H3,(H,9,10)(H,11,12). The summed E-state index contributed by atoms with van der Waals surface area (Å²) in [6.45, 7) is 2.23. The Labute approximate surface area is 96.7 Å². The lowest BCUT2D eigenvalue weighted by Crippen LogP contribution is -2.47. The first kappa shape index (κ1) is 14.1. The van der Waals surface area contributed by atoms with Crippen LogP contribution in [0.1, 0.15) is 13.8 Å². The predicted octanol–water partition coefficient (Wildman–Crippen LogP) is 0.282. The van der Waals surface area contributed by atoms with Gasteiger partial charge in [0.25, 0.3) is 0 Å². The Bertz CT molecular complexity index is 334. The van der Waals surface area contributed by atoms with E-state index < -0.39 is 28.3 Å². The highest BCUT2D eigenvalue weighted by molar-refractivity contribution is 7.89. The van der Waals surface area contributed by atoms with E-state index in [2.05, 4.69) is 12.2 Å². The first-order valence-electron chi connectivity index (χ1n) is 3.89. The Kier molecular flexibility index (Phi) is 4.44. The van der Waals surface area contributed by atoms with E-state index in [1.165, 1.54) is 6.92 Å². The normalized spacial score (nSPS) is 16.2. The average Bonchev–Trinajstić information content (AvgIpc) is 2.13.